The standard InChI is InChI=1S/C32H29N5O2.2CH2O2/c1-38-29-9-5-8-26-25(29)17-27(37-26)24-16-28-32(36-19-24)39-30(20-35-28)31(23-6-3-2-4-7-23)34-15-14-21-10-12-22(18-33)13-11-21;2*2-1-3/h2-13,16-17,19,30-31,34-35,37H,14-15,20H2,1H3;2*1H,(H,2,3)/t30-,31+;;/m0../s1. The predicted octanol–water partition coefficient (Wildman–Crippen LogP) is 5.26. The van der Waals surface area contributed by atoms with Crippen molar-refractivity contribution in [1.29, 1.82) is 5.26 Å². The molecule has 5 aromatic rings. The summed E-state index contributed by atoms with van der Waals surface area (Å²) in [5.41, 5.74) is 6.86. The molecule has 6 rings (SSSR count). The lowest BCUT2D eigenvalue weighted by atomic mass is 9.99. The van der Waals surface area contributed by atoms with E-state index >= 15 is 0 Å². The van der Waals surface area contributed by atoms with E-state index in [0.29, 0.717) is 18.0 Å². The Bertz CT molecular complexity index is 1730. The molecular weight excluding hydrogens is 574 g/mol. The average Bonchev–Trinajstić information content (AvgIpc) is 3.53. The largest absolute Gasteiger partial charge is 0.496 e. The van der Waals surface area contributed by atoms with E-state index in [-0.39, 0.29) is 25.1 Å². The fourth-order valence-corrected chi connectivity index (χ4v) is 5.10. The Hall–Kier alpha value is -5.86. The first-order valence-corrected chi connectivity index (χ1v) is 14.0. The highest BCUT2D eigenvalue weighted by Crippen LogP contribution is 2.36. The predicted molar refractivity (Wildman–Crippen MR) is 170 cm³/mol. The molecule has 11 heteroatoms. The lowest BCUT2D eigenvalue weighted by Gasteiger charge is -2.33. The van der Waals surface area contributed by atoms with Gasteiger partial charge >= 0.3 is 0 Å². The molecule has 0 unspecified atom stereocenters. The minimum Gasteiger partial charge on any atom is -0.496 e. The van der Waals surface area contributed by atoms with E-state index < -0.39 is 0 Å². The van der Waals surface area contributed by atoms with Gasteiger partial charge in [-0.15, -0.1) is 0 Å². The molecule has 0 aliphatic carbocycles. The summed E-state index contributed by atoms with van der Waals surface area (Å²) in [6.45, 7) is 0.913. The van der Waals surface area contributed by atoms with Crippen LogP contribution in [0.3, 0.4) is 0 Å². The number of nitrogens with one attached hydrogen (secondary N) is 3. The first-order valence-electron chi connectivity index (χ1n) is 14.0. The molecule has 230 valence electrons. The van der Waals surface area contributed by atoms with Gasteiger partial charge in [0.25, 0.3) is 12.9 Å². The highest BCUT2D eigenvalue weighted by molar-refractivity contribution is 5.91. The van der Waals surface area contributed by atoms with Crippen molar-refractivity contribution in [3.63, 3.8) is 0 Å². The summed E-state index contributed by atoms with van der Waals surface area (Å²) in [6, 6.07) is 30.4. The van der Waals surface area contributed by atoms with Crippen molar-refractivity contribution in [3.8, 4) is 29.0 Å². The molecule has 3 heterocycles. The number of benzene rings is 3. The van der Waals surface area contributed by atoms with Crippen LogP contribution in [0.2, 0.25) is 0 Å². The molecule has 5 N–H and O–H groups in total. The van der Waals surface area contributed by atoms with Gasteiger partial charge in [-0.05, 0) is 60.5 Å². The Morgan fingerprint density at radius 1 is 1.07 bits per heavy atom. The number of aromatic amines is 1. The number of nitrogens with zero attached hydrogens (tertiary/aromatic N) is 2. The normalized spacial score (nSPS) is 13.6. The van der Waals surface area contributed by atoms with Gasteiger partial charge < -0.3 is 35.3 Å². The third-order valence-electron chi connectivity index (χ3n) is 7.15. The first kappa shape index (κ1) is 32.1. The molecule has 45 heavy (non-hydrogen) atoms. The summed E-state index contributed by atoms with van der Waals surface area (Å²) in [5.74, 6) is 1.43. The molecule has 2 atom stereocenters. The van der Waals surface area contributed by atoms with Gasteiger partial charge in [0.05, 0.1) is 37.0 Å². The first-order chi connectivity index (χ1) is 22.0. The second-order valence-electron chi connectivity index (χ2n) is 9.83. The Morgan fingerprint density at radius 3 is 2.49 bits per heavy atom. The summed E-state index contributed by atoms with van der Waals surface area (Å²) >= 11 is 0. The van der Waals surface area contributed by atoms with Crippen LogP contribution >= 0.6 is 0 Å². The molecule has 0 amide bonds. The van der Waals surface area contributed by atoms with E-state index in [1.54, 1.807) is 7.11 Å². The van der Waals surface area contributed by atoms with Gasteiger partial charge in [0.1, 0.15) is 11.9 Å². The van der Waals surface area contributed by atoms with Crippen molar-refractivity contribution >= 4 is 29.5 Å². The van der Waals surface area contributed by atoms with Crippen molar-refractivity contribution in [2.75, 3.05) is 25.5 Å². The summed E-state index contributed by atoms with van der Waals surface area (Å²) in [5, 5.41) is 31.1. The number of H-pyrrole nitrogens is 1. The zero-order valence-corrected chi connectivity index (χ0v) is 24.5. The van der Waals surface area contributed by atoms with E-state index in [1.807, 2.05) is 54.7 Å². The van der Waals surface area contributed by atoms with Gasteiger partial charge in [-0.1, -0.05) is 48.5 Å². The Morgan fingerprint density at radius 2 is 1.80 bits per heavy atom. The maximum atomic E-state index is 9.05. The number of pyridine rings is 1. The topological polar surface area (TPSA) is 170 Å². The highest BCUT2D eigenvalue weighted by Gasteiger charge is 2.29. The lowest BCUT2D eigenvalue weighted by Crippen LogP contribution is -2.43. The summed E-state index contributed by atoms with van der Waals surface area (Å²) < 4.78 is 12.0. The van der Waals surface area contributed by atoms with Crippen LogP contribution in [0, 0.1) is 11.3 Å². The number of carboxylic acid groups (broad SMARTS) is 2. The van der Waals surface area contributed by atoms with Gasteiger partial charge in [0, 0.05) is 28.4 Å². The molecule has 0 saturated carbocycles. The zero-order chi connectivity index (χ0) is 32.0. The molecule has 2 aromatic heterocycles. The molecule has 11 nitrogen and oxygen atoms in total. The minimum absolute atomic E-state index is 0.0205. The van der Waals surface area contributed by atoms with E-state index in [4.69, 9.17) is 34.5 Å². The van der Waals surface area contributed by atoms with Crippen molar-refractivity contribution in [2.45, 2.75) is 18.6 Å². The maximum absolute atomic E-state index is 9.05. The van der Waals surface area contributed by atoms with Gasteiger partial charge in [0.2, 0.25) is 5.88 Å². The number of hydrogen-bond donors (Lipinski definition) is 5. The second-order valence-corrected chi connectivity index (χ2v) is 9.83. The van der Waals surface area contributed by atoms with Crippen molar-refractivity contribution in [3.05, 3.63) is 108 Å². The minimum atomic E-state index is -0.250. The lowest BCUT2D eigenvalue weighted by molar-refractivity contribution is -0.123. The molecule has 1 aliphatic rings. The second kappa shape index (κ2) is 16.1. The van der Waals surface area contributed by atoms with E-state index in [9.17, 15) is 0 Å². The zero-order valence-electron chi connectivity index (χ0n) is 24.5. The van der Waals surface area contributed by atoms with Crippen LogP contribution in [0.25, 0.3) is 22.2 Å². The number of carbonyl (C=O) groups is 2. The van der Waals surface area contributed by atoms with Crippen LogP contribution in [0.1, 0.15) is 22.7 Å². The molecule has 3 aromatic carbocycles. The summed E-state index contributed by atoms with van der Waals surface area (Å²) in [4.78, 5) is 24.9. The number of aromatic nitrogens is 2. The van der Waals surface area contributed by atoms with Crippen LogP contribution in [-0.4, -0.2) is 59.4 Å². The number of methoxy groups -OCH3 is 1. The van der Waals surface area contributed by atoms with Crippen molar-refractivity contribution in [2.24, 2.45) is 0 Å². The third kappa shape index (κ3) is 8.16. The van der Waals surface area contributed by atoms with Crippen molar-refractivity contribution < 1.29 is 29.3 Å². The summed E-state index contributed by atoms with van der Waals surface area (Å²) in [7, 11) is 1.68. The average molecular weight is 608 g/mol. The molecule has 0 spiro atoms. The number of fused-ring (bicyclic) bond motifs is 2. The molecule has 1 aliphatic heterocycles. The van der Waals surface area contributed by atoms with Crippen LogP contribution in [0.15, 0.2) is 91.1 Å². The smallest absolute Gasteiger partial charge is 0.290 e. The van der Waals surface area contributed by atoms with Crippen LogP contribution < -0.4 is 20.1 Å². The highest BCUT2D eigenvalue weighted by atomic mass is 16.5. The van der Waals surface area contributed by atoms with Gasteiger partial charge in [-0.2, -0.15) is 5.26 Å². The number of ether oxygens (including phenoxy) is 2. The molecule has 0 radical (unpaired) electrons. The third-order valence-corrected chi connectivity index (χ3v) is 7.15. The molecule has 0 fully saturated rings. The van der Waals surface area contributed by atoms with E-state index in [1.165, 1.54) is 5.56 Å². The van der Waals surface area contributed by atoms with Crippen LogP contribution in [-0.2, 0) is 16.0 Å². The maximum Gasteiger partial charge on any atom is 0.290 e. The fraction of sp³-hybridized carbons (Fsp3) is 0.176. The SMILES string of the molecule is COc1cccc2[nH]c(-c3cnc4c(c3)NC[C@@H]([C@H](NCCc3ccc(C#N)cc3)c3ccccc3)O4)cc12.O=CO.O=CO. The Kier molecular flexibility index (Phi) is 11.5. The van der Waals surface area contributed by atoms with Crippen LogP contribution in [0.4, 0.5) is 5.69 Å². The van der Waals surface area contributed by atoms with E-state index in [0.717, 1.165) is 52.1 Å². The number of anilines is 1. The number of rotatable bonds is 8. The van der Waals surface area contributed by atoms with E-state index in [2.05, 4.69) is 63.1 Å². The molecular formula is C34H33N5O6. The molecule has 0 bridgehead atoms. The Balaban J connectivity index is 0.000000713. The van der Waals surface area contributed by atoms with Gasteiger partial charge in [0.15, 0.2) is 0 Å². The quantitative estimate of drug-likeness (QED) is 0.147. The number of hydrogen-bond acceptors (Lipinski definition) is 8. The van der Waals surface area contributed by atoms with Gasteiger partial charge in [-0.3, -0.25) is 9.59 Å². The number of nitriles is 1. The fourth-order valence-electron chi connectivity index (χ4n) is 5.10. The van der Waals surface area contributed by atoms with Crippen molar-refractivity contribution in [1.82, 2.24) is 15.3 Å². The Labute approximate surface area is 260 Å². The summed E-state index contributed by atoms with van der Waals surface area (Å²) in [6.07, 6.45) is 2.55. The van der Waals surface area contributed by atoms with Gasteiger partial charge in [-0.25, -0.2) is 4.98 Å². The molecule has 0 saturated heterocycles. The van der Waals surface area contributed by atoms with Crippen LogP contribution in [0.5, 0.6) is 11.6 Å². The monoisotopic (exact) mass is 607 g/mol.